The zero-order valence-electron chi connectivity index (χ0n) is 15.2. The number of allylic oxidation sites excluding steroid dienone is 1. The summed E-state index contributed by atoms with van der Waals surface area (Å²) in [5.41, 5.74) is 2.30. The fourth-order valence-electron chi connectivity index (χ4n) is 2.57. The van der Waals surface area contributed by atoms with Gasteiger partial charge in [0, 0.05) is 16.3 Å². The van der Waals surface area contributed by atoms with E-state index >= 15 is 0 Å². The van der Waals surface area contributed by atoms with Gasteiger partial charge in [-0.05, 0) is 54.1 Å². The van der Waals surface area contributed by atoms with Crippen molar-refractivity contribution in [1.29, 1.82) is 5.26 Å². The molecular weight excluding hydrogens is 391 g/mol. The summed E-state index contributed by atoms with van der Waals surface area (Å²) in [6, 6.07) is 21.7. The van der Waals surface area contributed by atoms with Crippen molar-refractivity contribution in [3.63, 3.8) is 0 Å². The molecule has 0 atom stereocenters. The lowest BCUT2D eigenvalue weighted by atomic mass is 10.0. The summed E-state index contributed by atoms with van der Waals surface area (Å²) < 4.78 is 18.6. The first kappa shape index (κ1) is 20.1. The van der Waals surface area contributed by atoms with E-state index in [9.17, 15) is 14.4 Å². The zero-order chi connectivity index (χ0) is 20.6. The molecule has 0 fully saturated rings. The lowest BCUT2D eigenvalue weighted by molar-refractivity contribution is -0.118. The molecule has 0 spiro atoms. The predicted molar refractivity (Wildman–Crippen MR) is 112 cm³/mol. The number of nitrogens with zero attached hydrogens (tertiary/aromatic N) is 1. The number of para-hydroxylation sites is 1. The average molecular weight is 407 g/mol. The van der Waals surface area contributed by atoms with Gasteiger partial charge in [0.1, 0.15) is 11.6 Å². The van der Waals surface area contributed by atoms with E-state index in [2.05, 4.69) is 11.4 Å². The highest BCUT2D eigenvalue weighted by atomic mass is 35.5. The fraction of sp³-hybridized carbons (Fsp3) is 0.0435. The number of hydrogen-bond acceptors (Lipinski definition) is 3. The zero-order valence-corrected chi connectivity index (χ0v) is 16.0. The Morgan fingerprint density at radius 3 is 2.45 bits per heavy atom. The Morgan fingerprint density at radius 1 is 1.07 bits per heavy atom. The highest BCUT2D eigenvalue weighted by molar-refractivity contribution is 6.30. The van der Waals surface area contributed by atoms with E-state index in [1.807, 2.05) is 6.07 Å². The normalized spacial score (nSPS) is 10.9. The van der Waals surface area contributed by atoms with Gasteiger partial charge in [-0.2, -0.15) is 5.26 Å². The van der Waals surface area contributed by atoms with Crippen molar-refractivity contribution < 1.29 is 13.9 Å². The van der Waals surface area contributed by atoms with Crippen LogP contribution in [0.25, 0.3) is 11.6 Å². The Bertz CT molecular complexity index is 1070. The van der Waals surface area contributed by atoms with Crippen LogP contribution in [0.2, 0.25) is 5.02 Å². The molecule has 6 heteroatoms. The number of nitriles is 1. The third-order valence-electron chi connectivity index (χ3n) is 3.98. The molecule has 0 aromatic heterocycles. The number of anilines is 1. The van der Waals surface area contributed by atoms with Gasteiger partial charge in [-0.3, -0.25) is 4.79 Å². The SMILES string of the molecule is N#CC(=Cc1ccccc1OCC(=O)Nc1ccc(F)cc1)c1ccc(Cl)cc1. The molecule has 3 aromatic carbocycles. The van der Waals surface area contributed by atoms with Gasteiger partial charge in [0.2, 0.25) is 0 Å². The van der Waals surface area contributed by atoms with Crippen LogP contribution in [0, 0.1) is 17.1 Å². The Hall–Kier alpha value is -3.62. The third kappa shape index (κ3) is 5.68. The molecule has 0 aliphatic carbocycles. The Morgan fingerprint density at radius 2 is 1.76 bits per heavy atom. The van der Waals surface area contributed by atoms with Gasteiger partial charge in [-0.25, -0.2) is 4.39 Å². The molecule has 0 aliphatic rings. The van der Waals surface area contributed by atoms with Crippen LogP contribution in [0.1, 0.15) is 11.1 Å². The second kappa shape index (κ2) is 9.54. The van der Waals surface area contributed by atoms with Gasteiger partial charge in [0.25, 0.3) is 5.91 Å². The first-order chi connectivity index (χ1) is 14.0. The number of amides is 1. The minimum Gasteiger partial charge on any atom is -0.483 e. The Labute approximate surface area is 172 Å². The second-order valence-electron chi connectivity index (χ2n) is 6.06. The van der Waals surface area contributed by atoms with Crippen molar-refractivity contribution in [3.05, 3.63) is 94.8 Å². The lowest BCUT2D eigenvalue weighted by Crippen LogP contribution is -2.20. The highest BCUT2D eigenvalue weighted by Crippen LogP contribution is 2.25. The maximum Gasteiger partial charge on any atom is 0.262 e. The first-order valence-corrected chi connectivity index (χ1v) is 9.08. The van der Waals surface area contributed by atoms with Gasteiger partial charge < -0.3 is 10.1 Å². The van der Waals surface area contributed by atoms with Crippen LogP contribution in [0.4, 0.5) is 10.1 Å². The molecule has 3 aromatic rings. The molecule has 144 valence electrons. The highest BCUT2D eigenvalue weighted by Gasteiger charge is 2.08. The summed E-state index contributed by atoms with van der Waals surface area (Å²) in [7, 11) is 0. The Kier molecular flexibility index (Phi) is 6.62. The summed E-state index contributed by atoms with van der Waals surface area (Å²) in [5, 5.41) is 12.7. The number of carbonyl (C=O) groups is 1. The molecule has 0 radical (unpaired) electrons. The molecule has 4 nitrogen and oxygen atoms in total. The number of rotatable bonds is 6. The molecule has 29 heavy (non-hydrogen) atoms. The van der Waals surface area contributed by atoms with E-state index in [0.717, 1.165) is 5.56 Å². The van der Waals surface area contributed by atoms with E-state index < -0.39 is 0 Å². The fourth-order valence-corrected chi connectivity index (χ4v) is 2.70. The average Bonchev–Trinajstić information content (AvgIpc) is 2.73. The third-order valence-corrected chi connectivity index (χ3v) is 4.23. The topological polar surface area (TPSA) is 62.1 Å². The summed E-state index contributed by atoms with van der Waals surface area (Å²) in [4.78, 5) is 12.1. The summed E-state index contributed by atoms with van der Waals surface area (Å²) >= 11 is 5.90. The minimum atomic E-state index is -0.381. The molecule has 3 rings (SSSR count). The van der Waals surface area contributed by atoms with Crippen molar-refractivity contribution in [2.45, 2.75) is 0 Å². The number of benzene rings is 3. The molecule has 0 bridgehead atoms. The van der Waals surface area contributed by atoms with Crippen molar-refractivity contribution in [2.24, 2.45) is 0 Å². The van der Waals surface area contributed by atoms with Crippen molar-refractivity contribution >= 4 is 34.8 Å². The van der Waals surface area contributed by atoms with Gasteiger partial charge in [0.15, 0.2) is 6.61 Å². The number of carbonyl (C=O) groups excluding carboxylic acids is 1. The first-order valence-electron chi connectivity index (χ1n) is 8.70. The Balaban J connectivity index is 1.73. The van der Waals surface area contributed by atoms with E-state index in [1.54, 1.807) is 48.5 Å². The van der Waals surface area contributed by atoms with Gasteiger partial charge >= 0.3 is 0 Å². The molecule has 0 saturated carbocycles. The molecule has 0 aliphatic heterocycles. The molecular formula is C23H16ClFN2O2. The van der Waals surface area contributed by atoms with Crippen LogP contribution in [0.5, 0.6) is 5.75 Å². The molecule has 1 amide bonds. The van der Waals surface area contributed by atoms with Crippen molar-refractivity contribution in [2.75, 3.05) is 11.9 Å². The van der Waals surface area contributed by atoms with E-state index in [-0.39, 0.29) is 18.3 Å². The molecule has 0 heterocycles. The summed E-state index contributed by atoms with van der Waals surface area (Å²) in [6.45, 7) is -0.231. The van der Waals surface area contributed by atoms with E-state index in [4.69, 9.17) is 16.3 Å². The summed E-state index contributed by atoms with van der Waals surface area (Å²) in [6.07, 6.45) is 1.69. The lowest BCUT2D eigenvalue weighted by Gasteiger charge is -2.10. The van der Waals surface area contributed by atoms with Crippen LogP contribution in [0.15, 0.2) is 72.8 Å². The maximum absolute atomic E-state index is 12.9. The molecule has 1 N–H and O–H groups in total. The number of hydrogen-bond donors (Lipinski definition) is 1. The minimum absolute atomic E-state index is 0.231. The summed E-state index contributed by atoms with van der Waals surface area (Å²) in [5.74, 6) is -0.300. The number of nitrogens with one attached hydrogen (secondary N) is 1. The maximum atomic E-state index is 12.9. The van der Waals surface area contributed by atoms with Crippen LogP contribution in [-0.2, 0) is 4.79 Å². The smallest absolute Gasteiger partial charge is 0.262 e. The van der Waals surface area contributed by atoms with Gasteiger partial charge in [0.05, 0.1) is 11.6 Å². The van der Waals surface area contributed by atoms with E-state index in [0.29, 0.717) is 27.6 Å². The second-order valence-corrected chi connectivity index (χ2v) is 6.49. The van der Waals surface area contributed by atoms with Crippen LogP contribution >= 0.6 is 11.6 Å². The predicted octanol–water partition coefficient (Wildman–Crippen LogP) is 5.56. The molecule has 0 saturated heterocycles. The number of ether oxygens (including phenoxy) is 1. The standard InChI is InChI=1S/C23H16ClFN2O2/c24-19-7-5-16(6-8-19)18(14-26)13-17-3-1-2-4-22(17)29-15-23(28)27-21-11-9-20(25)10-12-21/h1-13H,15H2,(H,27,28). The van der Waals surface area contributed by atoms with Crippen molar-refractivity contribution in [3.8, 4) is 11.8 Å². The van der Waals surface area contributed by atoms with Gasteiger partial charge in [-0.1, -0.05) is 41.9 Å². The van der Waals surface area contributed by atoms with Crippen molar-refractivity contribution in [1.82, 2.24) is 0 Å². The van der Waals surface area contributed by atoms with Gasteiger partial charge in [-0.15, -0.1) is 0 Å². The van der Waals surface area contributed by atoms with Crippen LogP contribution in [0.3, 0.4) is 0 Å². The molecule has 0 unspecified atom stereocenters. The largest absolute Gasteiger partial charge is 0.483 e. The van der Waals surface area contributed by atoms with Crippen LogP contribution < -0.4 is 10.1 Å². The number of halogens is 2. The monoisotopic (exact) mass is 406 g/mol. The van der Waals surface area contributed by atoms with E-state index in [1.165, 1.54) is 24.3 Å². The van der Waals surface area contributed by atoms with Crippen LogP contribution in [-0.4, -0.2) is 12.5 Å². The quantitative estimate of drug-likeness (QED) is 0.430.